The van der Waals surface area contributed by atoms with E-state index in [9.17, 15) is 9.59 Å². The molecule has 1 amide bonds. The predicted octanol–water partition coefficient (Wildman–Crippen LogP) is 3.55. The average molecular weight is 392 g/mol. The Balaban J connectivity index is 1.67. The SMILES string of the molecule is CCc1ccccc1NC(=O)COC(=O)c1nn(-c2ccc(C)cc2C)nc1C. The monoisotopic (exact) mass is 392 g/mol. The van der Waals surface area contributed by atoms with Crippen molar-refractivity contribution in [3.63, 3.8) is 0 Å². The highest BCUT2D eigenvalue weighted by Crippen LogP contribution is 2.17. The molecule has 0 unspecified atom stereocenters. The van der Waals surface area contributed by atoms with Crippen molar-refractivity contribution in [3.8, 4) is 5.69 Å². The van der Waals surface area contributed by atoms with Crippen molar-refractivity contribution in [2.24, 2.45) is 0 Å². The van der Waals surface area contributed by atoms with Gasteiger partial charge in [0.1, 0.15) is 0 Å². The first-order valence-corrected chi connectivity index (χ1v) is 9.45. The minimum absolute atomic E-state index is 0.0896. The first kappa shape index (κ1) is 20.3. The molecule has 3 rings (SSSR count). The number of anilines is 1. The zero-order chi connectivity index (χ0) is 21.0. The summed E-state index contributed by atoms with van der Waals surface area (Å²) in [6.45, 7) is 7.25. The molecule has 0 spiro atoms. The van der Waals surface area contributed by atoms with Gasteiger partial charge >= 0.3 is 5.97 Å². The fourth-order valence-electron chi connectivity index (χ4n) is 3.04. The van der Waals surface area contributed by atoms with E-state index in [0.29, 0.717) is 11.4 Å². The molecule has 0 fully saturated rings. The first-order valence-electron chi connectivity index (χ1n) is 9.45. The summed E-state index contributed by atoms with van der Waals surface area (Å²) in [5.41, 5.74) is 5.16. The lowest BCUT2D eigenvalue weighted by molar-refractivity contribution is -0.119. The average Bonchev–Trinajstić information content (AvgIpc) is 3.08. The van der Waals surface area contributed by atoms with Crippen molar-refractivity contribution in [3.05, 3.63) is 70.5 Å². The minimum Gasteiger partial charge on any atom is -0.451 e. The number of esters is 1. The third-order valence-electron chi connectivity index (χ3n) is 4.55. The molecule has 2 aromatic carbocycles. The second kappa shape index (κ2) is 8.68. The normalized spacial score (nSPS) is 10.6. The van der Waals surface area contributed by atoms with Gasteiger partial charge in [-0.05, 0) is 50.5 Å². The summed E-state index contributed by atoms with van der Waals surface area (Å²) in [5.74, 6) is -1.09. The molecule has 0 bridgehead atoms. The molecular formula is C22H24N4O3. The standard InChI is InChI=1S/C22H24N4O3/c1-5-17-8-6-7-9-18(17)23-20(27)13-29-22(28)21-16(4)24-26(25-21)19-11-10-14(2)12-15(19)3/h6-12H,5,13H2,1-4H3,(H,23,27). The van der Waals surface area contributed by atoms with E-state index in [0.717, 1.165) is 28.8 Å². The van der Waals surface area contributed by atoms with Gasteiger partial charge in [0.2, 0.25) is 0 Å². The number of carbonyl (C=O) groups excluding carboxylic acids is 2. The van der Waals surface area contributed by atoms with Gasteiger partial charge in [0.15, 0.2) is 12.3 Å². The van der Waals surface area contributed by atoms with Crippen LogP contribution in [-0.2, 0) is 16.0 Å². The number of hydrogen-bond acceptors (Lipinski definition) is 5. The molecule has 3 aromatic rings. The van der Waals surface area contributed by atoms with E-state index in [1.54, 1.807) is 6.92 Å². The number of para-hydroxylation sites is 1. The minimum atomic E-state index is -0.683. The lowest BCUT2D eigenvalue weighted by Gasteiger charge is -2.09. The number of carbonyl (C=O) groups is 2. The number of benzene rings is 2. The fraction of sp³-hybridized carbons (Fsp3) is 0.273. The van der Waals surface area contributed by atoms with Gasteiger partial charge in [0.05, 0.1) is 11.4 Å². The summed E-state index contributed by atoms with van der Waals surface area (Å²) in [6.07, 6.45) is 0.789. The van der Waals surface area contributed by atoms with Gasteiger partial charge in [-0.25, -0.2) is 4.79 Å². The molecule has 1 heterocycles. The number of rotatable bonds is 6. The van der Waals surface area contributed by atoms with E-state index in [1.807, 2.05) is 63.2 Å². The quantitative estimate of drug-likeness (QED) is 0.649. The summed E-state index contributed by atoms with van der Waals surface area (Å²) in [4.78, 5) is 26.0. The van der Waals surface area contributed by atoms with Crippen LogP contribution >= 0.6 is 0 Å². The number of nitrogens with one attached hydrogen (secondary N) is 1. The van der Waals surface area contributed by atoms with E-state index in [-0.39, 0.29) is 5.69 Å². The van der Waals surface area contributed by atoms with Gasteiger partial charge < -0.3 is 10.1 Å². The van der Waals surface area contributed by atoms with Crippen LogP contribution in [-0.4, -0.2) is 33.5 Å². The molecule has 0 radical (unpaired) electrons. The smallest absolute Gasteiger partial charge is 0.361 e. The molecule has 0 saturated carbocycles. The van der Waals surface area contributed by atoms with Crippen LogP contribution in [0.3, 0.4) is 0 Å². The van der Waals surface area contributed by atoms with Crippen molar-refractivity contribution in [2.75, 3.05) is 11.9 Å². The third-order valence-corrected chi connectivity index (χ3v) is 4.55. The molecule has 0 aliphatic heterocycles. The van der Waals surface area contributed by atoms with E-state index in [4.69, 9.17) is 4.74 Å². The topological polar surface area (TPSA) is 86.1 Å². The Morgan fingerprint density at radius 1 is 1.07 bits per heavy atom. The van der Waals surface area contributed by atoms with Crippen LogP contribution in [0.1, 0.15) is 39.8 Å². The largest absolute Gasteiger partial charge is 0.451 e. The Hall–Kier alpha value is -3.48. The van der Waals surface area contributed by atoms with Crippen molar-refractivity contribution in [1.82, 2.24) is 15.0 Å². The van der Waals surface area contributed by atoms with Gasteiger partial charge in [0, 0.05) is 5.69 Å². The van der Waals surface area contributed by atoms with Crippen LogP contribution < -0.4 is 5.32 Å². The second-order valence-corrected chi connectivity index (χ2v) is 6.85. The Kier molecular flexibility index (Phi) is 6.07. The van der Waals surface area contributed by atoms with Gasteiger partial charge in [-0.1, -0.05) is 42.8 Å². The number of hydrogen-bond donors (Lipinski definition) is 1. The van der Waals surface area contributed by atoms with E-state index in [1.165, 1.54) is 4.80 Å². The van der Waals surface area contributed by atoms with Crippen LogP contribution in [0.25, 0.3) is 5.69 Å². The zero-order valence-corrected chi connectivity index (χ0v) is 17.0. The maximum Gasteiger partial charge on any atom is 0.361 e. The van der Waals surface area contributed by atoms with Crippen LogP contribution in [0, 0.1) is 20.8 Å². The highest BCUT2D eigenvalue weighted by Gasteiger charge is 2.20. The van der Waals surface area contributed by atoms with Crippen molar-refractivity contribution < 1.29 is 14.3 Å². The molecule has 29 heavy (non-hydrogen) atoms. The van der Waals surface area contributed by atoms with Crippen LogP contribution in [0.15, 0.2) is 42.5 Å². The fourth-order valence-corrected chi connectivity index (χ4v) is 3.04. The van der Waals surface area contributed by atoms with E-state index >= 15 is 0 Å². The molecule has 7 nitrogen and oxygen atoms in total. The first-order chi connectivity index (χ1) is 13.9. The molecule has 1 aromatic heterocycles. The zero-order valence-electron chi connectivity index (χ0n) is 17.0. The summed E-state index contributed by atoms with van der Waals surface area (Å²) >= 11 is 0. The predicted molar refractivity (Wildman–Crippen MR) is 110 cm³/mol. The number of nitrogens with zero attached hydrogens (tertiary/aromatic N) is 3. The highest BCUT2D eigenvalue weighted by molar-refractivity contribution is 5.95. The second-order valence-electron chi connectivity index (χ2n) is 6.85. The number of aryl methyl sites for hydroxylation is 4. The Morgan fingerprint density at radius 3 is 2.55 bits per heavy atom. The van der Waals surface area contributed by atoms with Crippen molar-refractivity contribution in [1.29, 1.82) is 0 Å². The van der Waals surface area contributed by atoms with Gasteiger partial charge in [-0.2, -0.15) is 9.90 Å². The summed E-state index contributed by atoms with van der Waals surface area (Å²) < 4.78 is 5.15. The van der Waals surface area contributed by atoms with Crippen LogP contribution in [0.5, 0.6) is 0 Å². The third kappa shape index (κ3) is 4.68. The van der Waals surface area contributed by atoms with Crippen molar-refractivity contribution in [2.45, 2.75) is 34.1 Å². The Labute approximate surface area is 169 Å². The molecule has 0 aliphatic carbocycles. The van der Waals surface area contributed by atoms with Gasteiger partial charge in [-0.3, -0.25) is 4.79 Å². The number of amides is 1. The van der Waals surface area contributed by atoms with Gasteiger partial charge in [0.25, 0.3) is 5.91 Å². The van der Waals surface area contributed by atoms with Crippen molar-refractivity contribution >= 4 is 17.6 Å². The Morgan fingerprint density at radius 2 is 1.83 bits per heavy atom. The lowest BCUT2D eigenvalue weighted by atomic mass is 10.1. The van der Waals surface area contributed by atoms with E-state index < -0.39 is 18.5 Å². The molecule has 7 heteroatoms. The van der Waals surface area contributed by atoms with Crippen LogP contribution in [0.2, 0.25) is 0 Å². The summed E-state index contributed by atoms with van der Waals surface area (Å²) in [7, 11) is 0. The molecule has 0 atom stereocenters. The summed E-state index contributed by atoms with van der Waals surface area (Å²) in [6, 6.07) is 13.4. The summed E-state index contributed by atoms with van der Waals surface area (Å²) in [5, 5.41) is 11.3. The lowest BCUT2D eigenvalue weighted by Crippen LogP contribution is -2.22. The van der Waals surface area contributed by atoms with E-state index in [2.05, 4.69) is 15.5 Å². The van der Waals surface area contributed by atoms with Crippen LogP contribution in [0.4, 0.5) is 5.69 Å². The number of aromatic nitrogens is 3. The molecule has 0 aliphatic rings. The molecular weight excluding hydrogens is 368 g/mol. The van der Waals surface area contributed by atoms with Gasteiger partial charge in [-0.15, -0.1) is 5.10 Å². The molecule has 0 saturated heterocycles. The maximum atomic E-state index is 12.4. The Bertz CT molecular complexity index is 1060. The number of ether oxygens (including phenoxy) is 1. The highest BCUT2D eigenvalue weighted by atomic mass is 16.5. The molecule has 150 valence electrons. The maximum absolute atomic E-state index is 12.4. The molecule has 1 N–H and O–H groups in total.